The van der Waals surface area contributed by atoms with Gasteiger partial charge in [0, 0.05) is 21.9 Å². The third-order valence-electron chi connectivity index (χ3n) is 2.95. The normalized spacial score (nSPS) is 10.8. The van der Waals surface area contributed by atoms with Gasteiger partial charge < -0.3 is 9.72 Å². The van der Waals surface area contributed by atoms with Gasteiger partial charge in [0.15, 0.2) is 0 Å². The summed E-state index contributed by atoms with van der Waals surface area (Å²) >= 11 is 3.22. The summed E-state index contributed by atoms with van der Waals surface area (Å²) in [5.41, 5.74) is 4.92. The van der Waals surface area contributed by atoms with E-state index in [0.29, 0.717) is 5.69 Å². The number of halogens is 1. The van der Waals surface area contributed by atoms with Crippen LogP contribution in [0.25, 0.3) is 0 Å². The second-order valence-corrected chi connectivity index (χ2v) is 7.26. The number of aromatic nitrogens is 1. The molecule has 0 saturated carbocycles. The highest BCUT2D eigenvalue weighted by atomic mass is 79.9. The first-order valence-electron chi connectivity index (χ1n) is 7.69. The second-order valence-electron chi connectivity index (χ2n) is 6.35. The number of aromatic amines is 1. The summed E-state index contributed by atoms with van der Waals surface area (Å²) in [6.07, 6.45) is 0.975. The summed E-state index contributed by atoms with van der Waals surface area (Å²) in [6, 6.07) is 7.82. The zero-order valence-electron chi connectivity index (χ0n) is 14.5. The molecule has 1 aromatic carbocycles. The Morgan fingerprint density at radius 1 is 1.08 bits per heavy atom. The monoisotopic (exact) mass is 422 g/mol. The molecule has 0 radical (unpaired) electrons. The number of carbonyl (C=O) groups excluding carboxylic acids is 3. The van der Waals surface area contributed by atoms with Crippen molar-refractivity contribution in [1.29, 1.82) is 0 Å². The van der Waals surface area contributed by atoms with Gasteiger partial charge in [-0.1, -0.05) is 6.07 Å². The number of ether oxygens (including phenoxy) is 1. The van der Waals surface area contributed by atoms with Crippen molar-refractivity contribution in [2.45, 2.75) is 26.4 Å². The van der Waals surface area contributed by atoms with Gasteiger partial charge in [-0.25, -0.2) is 4.79 Å². The molecule has 0 bridgehead atoms. The van der Waals surface area contributed by atoms with Crippen LogP contribution in [0.2, 0.25) is 0 Å². The summed E-state index contributed by atoms with van der Waals surface area (Å²) in [5, 5.41) is 2.55. The van der Waals surface area contributed by atoms with Gasteiger partial charge in [0.25, 0.3) is 11.8 Å². The van der Waals surface area contributed by atoms with E-state index in [2.05, 4.69) is 37.1 Å². The Bertz CT molecular complexity index is 826. The lowest BCUT2D eigenvalue weighted by Crippen LogP contribution is -2.41. The van der Waals surface area contributed by atoms with Gasteiger partial charge >= 0.3 is 6.09 Å². The molecular weight excluding hydrogens is 404 g/mol. The number of hydrogen-bond donors (Lipinski definition) is 4. The molecule has 0 unspecified atom stereocenters. The zero-order chi connectivity index (χ0) is 19.3. The number of amides is 3. The van der Waals surface area contributed by atoms with Gasteiger partial charge in [0.1, 0.15) is 11.3 Å². The minimum absolute atomic E-state index is 0.256. The average Bonchev–Trinajstić information content (AvgIpc) is 2.97. The van der Waals surface area contributed by atoms with Crippen LogP contribution >= 0.6 is 15.9 Å². The number of H-pyrrole nitrogens is 1. The standard InChI is InChI=1S/C17H19BrN4O4/c1-17(2,3)26-16(25)20-12-6-4-5-10(7-12)14(23)21-22-15(24)13-8-11(18)9-19-13/h4-9,19H,1-3H3,(H,20,25)(H,21,23)(H,22,24). The molecule has 3 amide bonds. The molecule has 4 N–H and O–H groups in total. The summed E-state index contributed by atoms with van der Waals surface area (Å²) in [7, 11) is 0. The Hall–Kier alpha value is -2.81. The molecule has 0 saturated heterocycles. The molecule has 1 aromatic heterocycles. The Morgan fingerprint density at radius 3 is 2.38 bits per heavy atom. The van der Waals surface area contributed by atoms with Crippen molar-refractivity contribution in [1.82, 2.24) is 15.8 Å². The van der Waals surface area contributed by atoms with Crippen LogP contribution in [-0.2, 0) is 4.74 Å². The molecule has 0 aliphatic rings. The lowest BCUT2D eigenvalue weighted by Gasteiger charge is -2.19. The third kappa shape index (κ3) is 5.92. The van der Waals surface area contributed by atoms with E-state index in [1.54, 1.807) is 51.2 Å². The Balaban J connectivity index is 1.95. The van der Waals surface area contributed by atoms with E-state index >= 15 is 0 Å². The highest BCUT2D eigenvalue weighted by Gasteiger charge is 2.17. The maximum Gasteiger partial charge on any atom is 0.412 e. The van der Waals surface area contributed by atoms with Gasteiger partial charge in [-0.2, -0.15) is 0 Å². The van der Waals surface area contributed by atoms with Crippen LogP contribution < -0.4 is 16.2 Å². The predicted octanol–water partition coefficient (Wildman–Crippen LogP) is 3.20. The number of nitrogens with one attached hydrogen (secondary N) is 4. The van der Waals surface area contributed by atoms with Crippen LogP contribution in [0.4, 0.5) is 10.5 Å². The molecule has 2 aromatic rings. The van der Waals surface area contributed by atoms with Crippen LogP contribution in [0, 0.1) is 0 Å². The first-order chi connectivity index (χ1) is 12.1. The van der Waals surface area contributed by atoms with Crippen molar-refractivity contribution >= 4 is 39.5 Å². The topological polar surface area (TPSA) is 112 Å². The van der Waals surface area contributed by atoms with Gasteiger partial charge in [-0.15, -0.1) is 0 Å². The van der Waals surface area contributed by atoms with Gasteiger partial charge in [0.2, 0.25) is 0 Å². The molecule has 26 heavy (non-hydrogen) atoms. The van der Waals surface area contributed by atoms with Crippen molar-refractivity contribution in [2.75, 3.05) is 5.32 Å². The fourth-order valence-electron chi connectivity index (χ4n) is 1.91. The summed E-state index contributed by atoms with van der Waals surface area (Å²) in [4.78, 5) is 38.6. The first kappa shape index (κ1) is 19.5. The molecule has 0 spiro atoms. The lowest BCUT2D eigenvalue weighted by atomic mass is 10.2. The Labute approximate surface area is 158 Å². The first-order valence-corrected chi connectivity index (χ1v) is 8.48. The van der Waals surface area contributed by atoms with Crippen LogP contribution in [0.15, 0.2) is 41.0 Å². The van der Waals surface area contributed by atoms with E-state index in [1.807, 2.05) is 0 Å². The fraction of sp³-hybridized carbons (Fsp3) is 0.235. The number of hydrazine groups is 1. The summed E-state index contributed by atoms with van der Waals surface area (Å²) in [6.45, 7) is 5.26. The number of carbonyl (C=O) groups is 3. The highest BCUT2D eigenvalue weighted by molar-refractivity contribution is 9.10. The molecule has 0 aliphatic carbocycles. The second kappa shape index (κ2) is 8.05. The zero-order valence-corrected chi connectivity index (χ0v) is 16.1. The third-order valence-corrected chi connectivity index (χ3v) is 3.41. The molecule has 0 atom stereocenters. The number of benzene rings is 1. The average molecular weight is 423 g/mol. The van der Waals surface area contributed by atoms with E-state index in [1.165, 1.54) is 6.07 Å². The van der Waals surface area contributed by atoms with Crippen molar-refractivity contribution in [3.63, 3.8) is 0 Å². The number of rotatable bonds is 3. The predicted molar refractivity (Wildman–Crippen MR) is 99.7 cm³/mol. The smallest absolute Gasteiger partial charge is 0.412 e. The molecule has 9 heteroatoms. The maximum atomic E-state index is 12.2. The molecule has 8 nitrogen and oxygen atoms in total. The molecule has 0 fully saturated rings. The minimum atomic E-state index is -0.629. The largest absolute Gasteiger partial charge is 0.444 e. The minimum Gasteiger partial charge on any atom is -0.444 e. The molecule has 2 rings (SSSR count). The fourth-order valence-corrected chi connectivity index (χ4v) is 2.26. The van der Waals surface area contributed by atoms with Crippen LogP contribution in [0.1, 0.15) is 41.6 Å². The SMILES string of the molecule is CC(C)(C)OC(=O)Nc1cccc(C(=O)NNC(=O)c2cc(Br)c[nH]2)c1. The van der Waals surface area contributed by atoms with Gasteiger partial charge in [-0.05, 0) is 61.0 Å². The summed E-state index contributed by atoms with van der Waals surface area (Å²) < 4.78 is 5.87. The van der Waals surface area contributed by atoms with Gasteiger partial charge in [-0.3, -0.25) is 25.8 Å². The highest BCUT2D eigenvalue weighted by Crippen LogP contribution is 2.14. The van der Waals surface area contributed by atoms with Crippen molar-refractivity contribution in [3.05, 3.63) is 52.3 Å². The Morgan fingerprint density at radius 2 is 1.77 bits per heavy atom. The van der Waals surface area contributed by atoms with E-state index in [9.17, 15) is 14.4 Å². The van der Waals surface area contributed by atoms with E-state index in [-0.39, 0.29) is 11.3 Å². The van der Waals surface area contributed by atoms with Crippen molar-refractivity contribution in [3.8, 4) is 0 Å². The summed E-state index contributed by atoms with van der Waals surface area (Å²) in [5.74, 6) is -1.02. The molecular formula is C17H19BrN4O4. The van der Waals surface area contributed by atoms with Crippen molar-refractivity contribution in [2.24, 2.45) is 0 Å². The van der Waals surface area contributed by atoms with Crippen molar-refractivity contribution < 1.29 is 19.1 Å². The van der Waals surface area contributed by atoms with Crippen LogP contribution in [0.5, 0.6) is 0 Å². The molecule has 0 aliphatic heterocycles. The van der Waals surface area contributed by atoms with E-state index < -0.39 is 23.5 Å². The molecule has 1 heterocycles. The quantitative estimate of drug-likeness (QED) is 0.568. The number of anilines is 1. The number of hydrogen-bond acceptors (Lipinski definition) is 4. The van der Waals surface area contributed by atoms with Crippen LogP contribution in [0.3, 0.4) is 0 Å². The van der Waals surface area contributed by atoms with Crippen LogP contribution in [-0.4, -0.2) is 28.5 Å². The van der Waals surface area contributed by atoms with E-state index in [4.69, 9.17) is 4.74 Å². The maximum absolute atomic E-state index is 12.2. The Kier molecular flexibility index (Phi) is 6.04. The molecule has 138 valence electrons. The van der Waals surface area contributed by atoms with Gasteiger partial charge in [0.05, 0.1) is 0 Å². The van der Waals surface area contributed by atoms with E-state index in [0.717, 1.165) is 4.47 Å². The lowest BCUT2D eigenvalue weighted by molar-refractivity contribution is 0.0635.